The molecule has 0 spiro atoms. The third kappa shape index (κ3) is 4.97. The fourth-order valence-electron chi connectivity index (χ4n) is 6.87. The van der Waals surface area contributed by atoms with Crippen LogP contribution in [0.2, 0.25) is 10.0 Å². The summed E-state index contributed by atoms with van der Waals surface area (Å²) in [5.41, 5.74) is 3.08. The fourth-order valence-corrected chi connectivity index (χ4v) is 7.36. The lowest BCUT2D eigenvalue weighted by molar-refractivity contribution is -0.132. The van der Waals surface area contributed by atoms with Crippen LogP contribution in [0.5, 0.6) is 0 Å². The van der Waals surface area contributed by atoms with E-state index in [-0.39, 0.29) is 41.2 Å². The summed E-state index contributed by atoms with van der Waals surface area (Å²) in [5.74, 6) is -2.03. The molecular formula is C32H30Cl2F2N10O. The number of fused-ring (bicyclic) bond motifs is 4. The van der Waals surface area contributed by atoms with Crippen LogP contribution in [0.1, 0.15) is 30.9 Å². The van der Waals surface area contributed by atoms with Crippen LogP contribution in [-0.4, -0.2) is 91.7 Å². The SMILES string of the molecule is C=C(F)C(=O)N1CC[C@H](n2nnc3c(N4CC(N(C)C)C4)nc4c(F)c(-c5c(C)c(Cl)cc6[nH]ncc56)c(Cl)cc4c32)C[C@H]1CC#N. The van der Waals surface area contributed by atoms with Crippen molar-refractivity contribution in [1.82, 2.24) is 40.0 Å². The Morgan fingerprint density at radius 1 is 1.19 bits per heavy atom. The Morgan fingerprint density at radius 2 is 1.96 bits per heavy atom. The molecule has 2 aliphatic rings. The lowest BCUT2D eigenvalue weighted by Gasteiger charge is -2.43. The topological polar surface area (TPSA) is 123 Å². The van der Waals surface area contributed by atoms with E-state index in [0.29, 0.717) is 75.2 Å². The lowest BCUT2D eigenvalue weighted by Crippen LogP contribution is -2.57. The van der Waals surface area contributed by atoms with Gasteiger partial charge in [-0.1, -0.05) is 35.0 Å². The Morgan fingerprint density at radius 3 is 2.66 bits per heavy atom. The van der Waals surface area contributed by atoms with Gasteiger partial charge in [-0.05, 0) is 51.6 Å². The van der Waals surface area contributed by atoms with Crippen molar-refractivity contribution in [3.8, 4) is 17.2 Å². The number of piperidine rings is 1. The van der Waals surface area contributed by atoms with Gasteiger partial charge in [0.15, 0.2) is 23.0 Å². The molecule has 1 N–H and O–H groups in total. The van der Waals surface area contributed by atoms with Gasteiger partial charge in [0.25, 0.3) is 5.91 Å². The van der Waals surface area contributed by atoms with E-state index in [1.807, 2.05) is 19.0 Å². The molecule has 0 saturated carbocycles. The molecule has 0 aliphatic carbocycles. The molecule has 11 nitrogen and oxygen atoms in total. The summed E-state index contributed by atoms with van der Waals surface area (Å²) in [6.45, 7) is 6.46. The van der Waals surface area contributed by atoms with E-state index in [4.69, 9.17) is 28.2 Å². The van der Waals surface area contributed by atoms with E-state index in [0.717, 1.165) is 0 Å². The number of amides is 1. The third-order valence-corrected chi connectivity index (χ3v) is 10.2. The zero-order valence-electron chi connectivity index (χ0n) is 25.9. The van der Waals surface area contributed by atoms with Gasteiger partial charge < -0.3 is 14.7 Å². The van der Waals surface area contributed by atoms with Crippen molar-refractivity contribution in [1.29, 1.82) is 5.26 Å². The molecule has 2 aliphatic heterocycles. The summed E-state index contributed by atoms with van der Waals surface area (Å²) in [6.07, 6.45) is 2.33. The van der Waals surface area contributed by atoms with Crippen LogP contribution in [0.25, 0.3) is 44.0 Å². The lowest BCUT2D eigenvalue weighted by atomic mass is 9.93. The molecule has 2 aromatic carbocycles. The first-order valence-corrected chi connectivity index (χ1v) is 15.9. The van der Waals surface area contributed by atoms with Gasteiger partial charge in [-0.25, -0.2) is 18.4 Å². The van der Waals surface area contributed by atoms with Crippen LogP contribution in [-0.2, 0) is 4.79 Å². The number of likely N-dealkylation sites (N-methyl/N-ethyl adjacent to an activating group) is 1. The molecule has 47 heavy (non-hydrogen) atoms. The van der Waals surface area contributed by atoms with E-state index in [2.05, 4.69) is 38.1 Å². The highest BCUT2D eigenvalue weighted by molar-refractivity contribution is 6.36. The highest BCUT2D eigenvalue weighted by Gasteiger charge is 2.37. The molecule has 3 aromatic heterocycles. The van der Waals surface area contributed by atoms with Crippen molar-refractivity contribution in [2.75, 3.05) is 38.6 Å². The third-order valence-electron chi connectivity index (χ3n) is 9.51. The summed E-state index contributed by atoms with van der Waals surface area (Å²) in [5, 5.41) is 27.3. The smallest absolute Gasteiger partial charge is 0.282 e. The van der Waals surface area contributed by atoms with Gasteiger partial charge in [0.05, 0.1) is 35.3 Å². The van der Waals surface area contributed by atoms with Gasteiger partial charge >= 0.3 is 0 Å². The minimum absolute atomic E-state index is 0.000684. The predicted octanol–water partition coefficient (Wildman–Crippen LogP) is 5.96. The zero-order chi connectivity index (χ0) is 33.3. The second kappa shape index (κ2) is 11.7. The maximum absolute atomic E-state index is 17.1. The first kappa shape index (κ1) is 31.2. The molecule has 2 fully saturated rings. The number of rotatable bonds is 6. The summed E-state index contributed by atoms with van der Waals surface area (Å²) in [6, 6.07) is 4.91. The first-order valence-electron chi connectivity index (χ1n) is 15.1. The number of carbonyl (C=O) groups is 1. The molecule has 1 amide bonds. The number of benzene rings is 2. The summed E-state index contributed by atoms with van der Waals surface area (Å²) < 4.78 is 32.7. The minimum Gasteiger partial charge on any atom is -0.351 e. The number of nitrogens with zero attached hydrogens (tertiary/aromatic N) is 9. The van der Waals surface area contributed by atoms with E-state index in [1.165, 1.54) is 4.90 Å². The van der Waals surface area contributed by atoms with Crippen molar-refractivity contribution in [3.05, 3.63) is 52.2 Å². The Kier molecular flexibility index (Phi) is 7.77. The molecular weight excluding hydrogens is 649 g/mol. The number of halogens is 4. The van der Waals surface area contributed by atoms with Crippen molar-refractivity contribution in [2.45, 2.75) is 44.3 Å². The second-order valence-electron chi connectivity index (χ2n) is 12.4. The van der Waals surface area contributed by atoms with Crippen LogP contribution in [0.4, 0.5) is 14.6 Å². The Hall–Kier alpha value is -4.38. The highest BCUT2D eigenvalue weighted by atomic mass is 35.5. The fraction of sp³-hybridized carbons (Fsp3) is 0.375. The molecule has 0 unspecified atom stereocenters. The van der Waals surface area contributed by atoms with Crippen LogP contribution >= 0.6 is 23.2 Å². The van der Waals surface area contributed by atoms with E-state index >= 15 is 4.39 Å². The van der Waals surface area contributed by atoms with Crippen molar-refractivity contribution in [3.63, 3.8) is 0 Å². The summed E-state index contributed by atoms with van der Waals surface area (Å²) in [7, 11) is 4.01. The number of carbonyl (C=O) groups excluding carboxylic acids is 1. The Balaban J connectivity index is 1.44. The molecule has 5 heterocycles. The van der Waals surface area contributed by atoms with Gasteiger partial charge in [0.2, 0.25) is 0 Å². The molecule has 242 valence electrons. The van der Waals surface area contributed by atoms with Crippen molar-refractivity contribution >= 4 is 67.8 Å². The number of anilines is 1. The number of aromatic amines is 1. The molecule has 0 radical (unpaired) electrons. The molecule has 15 heteroatoms. The maximum atomic E-state index is 17.1. The standard InChI is InChI=1S/C32H30Cl2F2N10O/c1-15-22(33)11-24-21(12-38-40-24)25(15)26-23(34)10-20-28(27(26)36)39-31(44-13-19(14-44)43(3)4)29-30(20)46(42-41-29)18-6-8-45(32(47)16(2)35)17(9-18)5-7-37/h10-12,17-19H,2,5-6,8-9,13-14H2,1,3-4H3,(H,38,40)/t17-,18+/m1/s1. The second-order valence-corrected chi connectivity index (χ2v) is 13.2. The van der Waals surface area contributed by atoms with Gasteiger partial charge in [-0.15, -0.1) is 5.10 Å². The number of pyridine rings is 1. The van der Waals surface area contributed by atoms with Crippen molar-refractivity contribution < 1.29 is 13.6 Å². The van der Waals surface area contributed by atoms with E-state index in [9.17, 15) is 14.4 Å². The molecule has 0 bridgehead atoms. The first-order chi connectivity index (χ1) is 22.5. The number of hydrogen-bond donors (Lipinski definition) is 1. The average molecular weight is 680 g/mol. The molecule has 2 saturated heterocycles. The number of aromatic nitrogens is 6. The van der Waals surface area contributed by atoms with Gasteiger partial charge in [0, 0.05) is 58.6 Å². The largest absolute Gasteiger partial charge is 0.351 e. The minimum atomic E-state index is -1.08. The highest BCUT2D eigenvalue weighted by Crippen LogP contribution is 2.45. The van der Waals surface area contributed by atoms with Gasteiger partial charge in [-0.2, -0.15) is 10.4 Å². The monoisotopic (exact) mass is 678 g/mol. The number of nitrogens with one attached hydrogen (secondary N) is 1. The molecule has 7 rings (SSSR count). The van der Waals surface area contributed by atoms with E-state index < -0.39 is 23.6 Å². The Bertz CT molecular complexity index is 2150. The zero-order valence-corrected chi connectivity index (χ0v) is 27.4. The number of nitriles is 1. The van der Waals surface area contributed by atoms with Gasteiger partial charge in [0.1, 0.15) is 11.0 Å². The molecule has 5 aromatic rings. The number of hydrogen-bond acceptors (Lipinski definition) is 8. The van der Waals surface area contributed by atoms with Crippen LogP contribution < -0.4 is 4.90 Å². The van der Waals surface area contributed by atoms with Crippen LogP contribution in [0.15, 0.2) is 30.7 Å². The number of H-pyrrole nitrogens is 1. The average Bonchev–Trinajstić information content (AvgIpc) is 3.66. The summed E-state index contributed by atoms with van der Waals surface area (Å²) >= 11 is 13.5. The Labute approximate surface area is 278 Å². The molecule has 2 atom stereocenters. The van der Waals surface area contributed by atoms with Crippen molar-refractivity contribution in [2.24, 2.45) is 0 Å². The predicted molar refractivity (Wildman–Crippen MR) is 177 cm³/mol. The quantitative estimate of drug-likeness (QED) is 0.219. The van der Waals surface area contributed by atoms with Gasteiger partial charge in [-0.3, -0.25) is 9.89 Å². The van der Waals surface area contributed by atoms with Crippen LogP contribution in [0.3, 0.4) is 0 Å². The van der Waals surface area contributed by atoms with E-state index in [1.54, 1.807) is 29.9 Å². The normalized spacial score (nSPS) is 18.8. The summed E-state index contributed by atoms with van der Waals surface area (Å²) in [4.78, 5) is 22.9. The van der Waals surface area contributed by atoms with Crippen LogP contribution in [0, 0.1) is 24.1 Å². The maximum Gasteiger partial charge on any atom is 0.282 e. The number of likely N-dealkylation sites (tertiary alicyclic amines) is 1.